The third-order valence-corrected chi connectivity index (χ3v) is 10.2. The first-order valence-corrected chi connectivity index (χ1v) is 16.0. The van der Waals surface area contributed by atoms with Gasteiger partial charge in [-0.3, -0.25) is 4.90 Å². The van der Waals surface area contributed by atoms with E-state index in [0.717, 1.165) is 36.0 Å². The van der Waals surface area contributed by atoms with E-state index in [-0.39, 0.29) is 40.5 Å². The van der Waals surface area contributed by atoms with E-state index in [1.54, 1.807) is 24.3 Å². The van der Waals surface area contributed by atoms with Gasteiger partial charge in [0.15, 0.2) is 0 Å². The van der Waals surface area contributed by atoms with Crippen molar-refractivity contribution < 1.29 is 32.2 Å². The van der Waals surface area contributed by atoms with Crippen molar-refractivity contribution in [2.75, 3.05) is 33.4 Å². The van der Waals surface area contributed by atoms with Gasteiger partial charge in [-0.25, -0.2) is 22.9 Å². The molecule has 0 spiro atoms. The van der Waals surface area contributed by atoms with Gasteiger partial charge in [0.2, 0.25) is 0 Å². The van der Waals surface area contributed by atoms with Crippen molar-refractivity contribution in [1.82, 2.24) is 14.5 Å². The third-order valence-electron chi connectivity index (χ3n) is 9.93. The highest BCUT2D eigenvalue weighted by Crippen LogP contribution is 2.56. The lowest BCUT2D eigenvalue weighted by atomic mass is 9.70. The predicted octanol–water partition coefficient (Wildman–Crippen LogP) is 7.23. The molecule has 1 aromatic heterocycles. The minimum Gasteiger partial charge on any atom is -0.492 e. The van der Waals surface area contributed by atoms with Gasteiger partial charge in [0.1, 0.15) is 24.0 Å². The summed E-state index contributed by atoms with van der Waals surface area (Å²) >= 11 is 5.94. The Morgan fingerprint density at radius 2 is 1.89 bits per heavy atom. The van der Waals surface area contributed by atoms with Gasteiger partial charge >= 0.3 is 5.97 Å². The van der Waals surface area contributed by atoms with E-state index in [0.29, 0.717) is 50.1 Å². The molecule has 4 heterocycles. The van der Waals surface area contributed by atoms with Crippen molar-refractivity contribution in [3.05, 3.63) is 93.5 Å². The summed E-state index contributed by atoms with van der Waals surface area (Å²) in [5, 5.41) is 0.149. The average molecular weight is 654 g/mol. The summed E-state index contributed by atoms with van der Waals surface area (Å²) in [4.78, 5) is 19.4. The van der Waals surface area contributed by atoms with Crippen LogP contribution in [0.3, 0.4) is 0 Å². The molecule has 0 amide bonds. The van der Waals surface area contributed by atoms with Crippen LogP contribution in [0.1, 0.15) is 65.0 Å². The number of carbonyl (C=O) groups excluding carboxylic acids is 1. The number of likely N-dealkylation sites (tertiary alicyclic amines) is 1. The molecule has 7 rings (SSSR count). The molecular formula is C35H35ClF3N3O4. The molecule has 0 bridgehead atoms. The predicted molar refractivity (Wildman–Crippen MR) is 167 cm³/mol. The highest BCUT2D eigenvalue weighted by Gasteiger charge is 2.59. The lowest BCUT2D eigenvalue weighted by molar-refractivity contribution is -0.113. The number of rotatable bonds is 7. The van der Waals surface area contributed by atoms with Gasteiger partial charge in [0.05, 0.1) is 53.9 Å². The van der Waals surface area contributed by atoms with E-state index in [4.69, 9.17) is 30.8 Å². The van der Waals surface area contributed by atoms with E-state index in [9.17, 15) is 4.79 Å². The van der Waals surface area contributed by atoms with Crippen molar-refractivity contribution in [1.29, 1.82) is 0 Å². The number of nitrogens with zero attached hydrogens (tertiary/aromatic N) is 3. The Balaban J connectivity index is 1.13. The zero-order valence-corrected chi connectivity index (χ0v) is 26.5. The summed E-state index contributed by atoms with van der Waals surface area (Å²) in [7, 11) is 1.36. The van der Waals surface area contributed by atoms with Gasteiger partial charge in [0, 0.05) is 17.2 Å². The first kappa shape index (κ1) is 31.0. The molecule has 4 aromatic rings. The van der Waals surface area contributed by atoms with Crippen LogP contribution in [-0.4, -0.2) is 59.9 Å². The maximum absolute atomic E-state index is 16.6. The number of hydrogen-bond acceptors (Lipinski definition) is 6. The van der Waals surface area contributed by atoms with Crippen LogP contribution < -0.4 is 4.74 Å². The Morgan fingerprint density at radius 3 is 2.59 bits per heavy atom. The molecule has 3 aromatic carbocycles. The van der Waals surface area contributed by atoms with Crippen LogP contribution in [0.2, 0.25) is 5.02 Å². The summed E-state index contributed by atoms with van der Waals surface area (Å²) in [6.45, 7) is 4.29. The monoisotopic (exact) mass is 653 g/mol. The molecule has 1 unspecified atom stereocenters. The molecule has 46 heavy (non-hydrogen) atoms. The van der Waals surface area contributed by atoms with Crippen LogP contribution in [-0.2, 0) is 33.9 Å². The van der Waals surface area contributed by atoms with Gasteiger partial charge in [-0.2, -0.15) is 0 Å². The van der Waals surface area contributed by atoms with Crippen LogP contribution in [0.25, 0.3) is 11.0 Å². The zero-order chi connectivity index (χ0) is 32.2. The number of alkyl halides is 2. The quantitative estimate of drug-likeness (QED) is 0.196. The Bertz CT molecular complexity index is 1800. The van der Waals surface area contributed by atoms with E-state index in [1.165, 1.54) is 26.2 Å². The zero-order valence-electron chi connectivity index (χ0n) is 25.7. The van der Waals surface area contributed by atoms with Gasteiger partial charge in [-0.15, -0.1) is 0 Å². The second-order valence-corrected chi connectivity index (χ2v) is 13.1. The van der Waals surface area contributed by atoms with Crippen LogP contribution in [0, 0.1) is 5.82 Å². The Morgan fingerprint density at radius 1 is 1.11 bits per heavy atom. The van der Waals surface area contributed by atoms with E-state index >= 15 is 13.2 Å². The van der Waals surface area contributed by atoms with Crippen molar-refractivity contribution in [2.24, 2.45) is 0 Å². The Labute approximate surface area is 270 Å². The first-order chi connectivity index (χ1) is 22.1. The molecule has 2 fully saturated rings. The van der Waals surface area contributed by atoms with Crippen molar-refractivity contribution >= 4 is 28.6 Å². The number of halogens is 4. The number of piperidine rings is 1. The molecular weight excluding hydrogens is 619 g/mol. The second-order valence-electron chi connectivity index (χ2n) is 12.7. The summed E-state index contributed by atoms with van der Waals surface area (Å²) < 4.78 is 67.0. The van der Waals surface area contributed by atoms with Crippen LogP contribution in [0.5, 0.6) is 5.75 Å². The standard InChI is InChI=1S/C35H35ClF3N3O4/c1-34(26-8-7-23(36)17-27(26)37)20-46-30-5-3-4-25(32(30)35(34,38)39)21-10-13-41(14-11-21)19-31-40-28-9-6-22(33(43)44-2)16-29(28)42(31)18-24-12-15-45-24/h3-9,16-17,21,24H,10-15,18-20H2,1-2H3/t24-,34?/m0/s1. The summed E-state index contributed by atoms with van der Waals surface area (Å²) in [6.07, 6.45) is 2.37. The maximum Gasteiger partial charge on any atom is 0.337 e. The third kappa shape index (κ3) is 5.24. The largest absolute Gasteiger partial charge is 0.492 e. The summed E-state index contributed by atoms with van der Waals surface area (Å²) in [5.74, 6) is -3.68. The van der Waals surface area contributed by atoms with Crippen LogP contribution >= 0.6 is 11.6 Å². The minimum absolute atomic E-state index is 0.0869. The second kappa shape index (κ2) is 11.9. The molecule has 242 valence electrons. The number of carbonyl (C=O) groups is 1. The lowest BCUT2D eigenvalue weighted by Crippen LogP contribution is -2.50. The van der Waals surface area contributed by atoms with Gasteiger partial charge in [-0.05, 0) is 87.2 Å². The number of fused-ring (bicyclic) bond motifs is 2. The number of methoxy groups -OCH3 is 1. The number of benzene rings is 3. The molecule has 3 aliphatic rings. The Hall–Kier alpha value is -3.60. The molecule has 0 radical (unpaired) electrons. The molecule has 7 nitrogen and oxygen atoms in total. The van der Waals surface area contributed by atoms with Crippen molar-refractivity contribution in [2.45, 2.75) is 62.6 Å². The summed E-state index contributed by atoms with van der Waals surface area (Å²) in [5.41, 5.74) is 0.456. The fourth-order valence-electron chi connectivity index (χ4n) is 7.09. The SMILES string of the molecule is COC(=O)c1ccc2nc(CN3CCC(c4cccc5c4C(F)(F)C(C)(c4ccc(Cl)cc4F)CO5)CC3)n(C[C@@H]3CCO3)c2c1. The fraction of sp³-hybridized carbons (Fsp3) is 0.429. The molecule has 0 saturated carbocycles. The van der Waals surface area contributed by atoms with Crippen molar-refractivity contribution in [3.63, 3.8) is 0 Å². The number of ether oxygens (including phenoxy) is 3. The molecule has 0 N–H and O–H groups in total. The molecule has 0 aliphatic carbocycles. The van der Waals surface area contributed by atoms with E-state index < -0.39 is 23.1 Å². The molecule has 2 saturated heterocycles. The van der Waals surface area contributed by atoms with Crippen LogP contribution in [0.4, 0.5) is 13.2 Å². The van der Waals surface area contributed by atoms with Gasteiger partial charge < -0.3 is 18.8 Å². The van der Waals surface area contributed by atoms with E-state index in [2.05, 4.69) is 9.47 Å². The maximum atomic E-state index is 16.6. The minimum atomic E-state index is -3.39. The van der Waals surface area contributed by atoms with Gasteiger partial charge in [0.25, 0.3) is 5.92 Å². The molecule has 11 heteroatoms. The Kier molecular flexibility index (Phi) is 8.02. The average Bonchev–Trinajstić information content (AvgIpc) is 3.36. The number of aromatic nitrogens is 2. The van der Waals surface area contributed by atoms with Crippen LogP contribution in [0.15, 0.2) is 54.6 Å². The number of imidazole rings is 1. The number of hydrogen-bond donors (Lipinski definition) is 0. The first-order valence-electron chi connectivity index (χ1n) is 15.6. The topological polar surface area (TPSA) is 65.8 Å². The number of esters is 1. The molecule has 2 atom stereocenters. The lowest BCUT2D eigenvalue weighted by Gasteiger charge is -2.44. The fourth-order valence-corrected chi connectivity index (χ4v) is 7.25. The van der Waals surface area contributed by atoms with E-state index in [1.807, 2.05) is 12.1 Å². The molecule has 3 aliphatic heterocycles. The van der Waals surface area contributed by atoms with Crippen molar-refractivity contribution in [3.8, 4) is 5.75 Å². The van der Waals surface area contributed by atoms with Gasteiger partial charge in [-0.1, -0.05) is 29.8 Å². The smallest absolute Gasteiger partial charge is 0.337 e. The highest BCUT2D eigenvalue weighted by molar-refractivity contribution is 6.30. The highest BCUT2D eigenvalue weighted by atomic mass is 35.5. The summed E-state index contributed by atoms with van der Waals surface area (Å²) in [6, 6.07) is 14.3. The normalized spacial score (nSPS) is 23.0.